The van der Waals surface area contributed by atoms with Gasteiger partial charge in [0.05, 0.1) is 12.3 Å². The molecule has 1 rings (SSSR count). The van der Waals surface area contributed by atoms with Crippen LogP contribution in [0.3, 0.4) is 0 Å². The van der Waals surface area contributed by atoms with E-state index in [9.17, 15) is 20.1 Å². The molecule has 1 aromatic carbocycles. The molecule has 0 bridgehead atoms. The molecule has 4 atom stereocenters. The molecule has 0 aliphatic rings. The Morgan fingerprint density at radius 2 is 1.75 bits per heavy atom. The van der Waals surface area contributed by atoms with Crippen LogP contribution in [0.15, 0.2) is 35.4 Å². The third-order valence-electron chi connectivity index (χ3n) is 2.62. The molecule has 0 unspecified atom stereocenters. The van der Waals surface area contributed by atoms with E-state index in [1.165, 1.54) is 6.92 Å². The van der Waals surface area contributed by atoms with Crippen LogP contribution in [0.25, 0.3) is 0 Å². The largest absolute Gasteiger partial charge is 0.391 e. The lowest BCUT2D eigenvalue weighted by Crippen LogP contribution is -2.44. The zero-order chi connectivity index (χ0) is 15.1. The van der Waals surface area contributed by atoms with E-state index in [2.05, 4.69) is 10.5 Å². The Morgan fingerprint density at radius 1 is 1.15 bits per heavy atom. The standard InChI is InChI=1S/C13H18N2O5/c1-8(16)11(18)12(19)10(17)7-14-15-13(20)9-5-3-2-4-6-9/h2-8,10-12,16-19H,1H3,(H,15,20)/b14-7-/t8-,10+,11-,12-/m0/s1. The van der Waals surface area contributed by atoms with Crippen LogP contribution in [-0.4, -0.2) is 57.0 Å². The van der Waals surface area contributed by atoms with Crippen molar-refractivity contribution in [3.8, 4) is 0 Å². The van der Waals surface area contributed by atoms with Gasteiger partial charge < -0.3 is 20.4 Å². The van der Waals surface area contributed by atoms with Crippen LogP contribution in [0.2, 0.25) is 0 Å². The quantitative estimate of drug-likeness (QED) is 0.334. The Morgan fingerprint density at radius 3 is 2.30 bits per heavy atom. The van der Waals surface area contributed by atoms with Gasteiger partial charge in [0.1, 0.15) is 18.3 Å². The van der Waals surface area contributed by atoms with Gasteiger partial charge in [-0.2, -0.15) is 5.10 Å². The summed E-state index contributed by atoms with van der Waals surface area (Å²) in [6.07, 6.45) is -4.96. The lowest BCUT2D eigenvalue weighted by molar-refractivity contribution is -0.0821. The molecular formula is C13H18N2O5. The summed E-state index contributed by atoms with van der Waals surface area (Å²) in [6.45, 7) is 1.27. The Hall–Kier alpha value is -1.80. The second-order valence-electron chi connectivity index (χ2n) is 4.30. The van der Waals surface area contributed by atoms with Crippen molar-refractivity contribution in [2.45, 2.75) is 31.3 Å². The number of carbonyl (C=O) groups excluding carboxylic acids is 1. The van der Waals surface area contributed by atoms with Crippen LogP contribution >= 0.6 is 0 Å². The van der Waals surface area contributed by atoms with Crippen molar-refractivity contribution >= 4 is 12.1 Å². The molecule has 7 nitrogen and oxygen atoms in total. The van der Waals surface area contributed by atoms with E-state index in [-0.39, 0.29) is 0 Å². The Labute approximate surface area is 116 Å². The second kappa shape index (κ2) is 7.71. The van der Waals surface area contributed by atoms with Crippen molar-refractivity contribution in [1.29, 1.82) is 0 Å². The van der Waals surface area contributed by atoms with E-state index in [1.54, 1.807) is 30.3 Å². The Balaban J connectivity index is 2.50. The van der Waals surface area contributed by atoms with Crippen LogP contribution < -0.4 is 5.43 Å². The number of aliphatic hydroxyl groups excluding tert-OH is 4. The summed E-state index contributed by atoms with van der Waals surface area (Å²) in [4.78, 5) is 11.6. The predicted molar refractivity (Wildman–Crippen MR) is 72.1 cm³/mol. The fraction of sp³-hybridized carbons (Fsp3) is 0.385. The molecule has 1 aromatic rings. The fourth-order valence-corrected chi connectivity index (χ4v) is 1.40. The first-order valence-electron chi connectivity index (χ1n) is 6.04. The van der Waals surface area contributed by atoms with Crippen molar-refractivity contribution in [1.82, 2.24) is 5.43 Å². The van der Waals surface area contributed by atoms with E-state index >= 15 is 0 Å². The number of rotatable bonds is 6. The normalized spacial score (nSPS) is 17.4. The summed E-state index contributed by atoms with van der Waals surface area (Å²) in [7, 11) is 0. The number of hydrogen-bond donors (Lipinski definition) is 5. The number of amides is 1. The molecule has 0 saturated heterocycles. The van der Waals surface area contributed by atoms with E-state index in [0.717, 1.165) is 6.21 Å². The van der Waals surface area contributed by atoms with Gasteiger partial charge in [0, 0.05) is 5.56 Å². The highest BCUT2D eigenvalue weighted by Crippen LogP contribution is 2.03. The Bertz CT molecular complexity index is 449. The minimum Gasteiger partial charge on any atom is -0.391 e. The smallest absolute Gasteiger partial charge is 0.271 e. The molecule has 0 aromatic heterocycles. The molecule has 7 heteroatoms. The minimum absolute atomic E-state index is 0.392. The van der Waals surface area contributed by atoms with Crippen molar-refractivity contribution in [3.05, 3.63) is 35.9 Å². The van der Waals surface area contributed by atoms with Crippen molar-refractivity contribution in [2.75, 3.05) is 0 Å². The first kappa shape index (κ1) is 16.3. The molecule has 110 valence electrons. The number of aliphatic hydroxyl groups is 4. The lowest BCUT2D eigenvalue weighted by atomic mass is 10.1. The van der Waals surface area contributed by atoms with Crippen molar-refractivity contribution in [2.24, 2.45) is 5.10 Å². The zero-order valence-electron chi connectivity index (χ0n) is 10.9. The van der Waals surface area contributed by atoms with Gasteiger partial charge in [-0.25, -0.2) is 5.43 Å². The number of nitrogens with zero attached hydrogens (tertiary/aromatic N) is 1. The van der Waals surface area contributed by atoms with Crippen molar-refractivity contribution < 1.29 is 25.2 Å². The average Bonchev–Trinajstić information content (AvgIpc) is 2.46. The van der Waals surface area contributed by atoms with Gasteiger partial charge in [-0.05, 0) is 19.1 Å². The number of benzene rings is 1. The molecule has 0 radical (unpaired) electrons. The fourth-order valence-electron chi connectivity index (χ4n) is 1.40. The highest BCUT2D eigenvalue weighted by molar-refractivity contribution is 5.94. The van der Waals surface area contributed by atoms with E-state index < -0.39 is 30.3 Å². The minimum atomic E-state index is -1.60. The van der Waals surface area contributed by atoms with E-state index in [1.807, 2.05) is 0 Å². The molecule has 0 saturated carbocycles. The van der Waals surface area contributed by atoms with Crippen LogP contribution in [0.5, 0.6) is 0 Å². The van der Waals surface area contributed by atoms with Crippen LogP contribution in [0.4, 0.5) is 0 Å². The number of hydrazone groups is 1. The monoisotopic (exact) mass is 282 g/mol. The van der Waals surface area contributed by atoms with Gasteiger partial charge in [0.25, 0.3) is 5.91 Å². The summed E-state index contributed by atoms with van der Waals surface area (Å²) in [5, 5.41) is 40.9. The van der Waals surface area contributed by atoms with Gasteiger partial charge in [-0.3, -0.25) is 4.79 Å². The van der Waals surface area contributed by atoms with Crippen LogP contribution in [0, 0.1) is 0 Å². The van der Waals surface area contributed by atoms with Gasteiger partial charge in [-0.15, -0.1) is 0 Å². The maximum Gasteiger partial charge on any atom is 0.271 e. The molecule has 0 fully saturated rings. The maximum absolute atomic E-state index is 11.6. The third-order valence-corrected chi connectivity index (χ3v) is 2.62. The average molecular weight is 282 g/mol. The zero-order valence-corrected chi connectivity index (χ0v) is 10.9. The molecule has 0 aliphatic carbocycles. The molecule has 0 heterocycles. The molecule has 1 amide bonds. The summed E-state index contributed by atoms with van der Waals surface area (Å²) < 4.78 is 0. The first-order valence-corrected chi connectivity index (χ1v) is 6.04. The lowest BCUT2D eigenvalue weighted by Gasteiger charge is -2.22. The van der Waals surface area contributed by atoms with E-state index in [4.69, 9.17) is 5.11 Å². The number of carbonyl (C=O) groups is 1. The van der Waals surface area contributed by atoms with E-state index in [0.29, 0.717) is 5.56 Å². The summed E-state index contributed by atoms with van der Waals surface area (Å²) in [5.41, 5.74) is 2.56. The number of hydrogen-bond acceptors (Lipinski definition) is 6. The second-order valence-corrected chi connectivity index (χ2v) is 4.30. The topological polar surface area (TPSA) is 122 Å². The third kappa shape index (κ3) is 4.71. The maximum atomic E-state index is 11.6. The van der Waals surface area contributed by atoms with Gasteiger partial charge >= 0.3 is 0 Å². The van der Waals surface area contributed by atoms with Gasteiger partial charge in [0.15, 0.2) is 0 Å². The Kier molecular flexibility index (Phi) is 6.26. The highest BCUT2D eigenvalue weighted by atomic mass is 16.4. The number of nitrogens with one attached hydrogen (secondary N) is 1. The van der Waals surface area contributed by atoms with Crippen molar-refractivity contribution in [3.63, 3.8) is 0 Å². The molecule has 5 N–H and O–H groups in total. The van der Waals surface area contributed by atoms with Gasteiger partial charge in [0.2, 0.25) is 0 Å². The van der Waals surface area contributed by atoms with Gasteiger partial charge in [-0.1, -0.05) is 18.2 Å². The molecule has 20 heavy (non-hydrogen) atoms. The first-order chi connectivity index (χ1) is 9.43. The summed E-state index contributed by atoms with van der Waals surface area (Å²) >= 11 is 0. The predicted octanol–water partition coefficient (Wildman–Crippen LogP) is -1.13. The van der Waals surface area contributed by atoms with Crippen LogP contribution in [0.1, 0.15) is 17.3 Å². The van der Waals surface area contributed by atoms with Crippen LogP contribution in [-0.2, 0) is 0 Å². The highest BCUT2D eigenvalue weighted by Gasteiger charge is 2.26. The molecule has 0 spiro atoms. The molecule has 0 aliphatic heterocycles. The SMILES string of the molecule is C[C@H](O)[C@H](O)[C@@H](O)[C@H](O)/C=N\NC(=O)c1ccccc1. The molecular weight excluding hydrogens is 264 g/mol. The summed E-state index contributed by atoms with van der Waals surface area (Å²) in [5.74, 6) is -0.473. The summed E-state index contributed by atoms with van der Waals surface area (Å²) in [6, 6.07) is 8.32.